The minimum Gasteiger partial charge on any atom is -0.280 e. The number of amides is 2. The van der Waals surface area contributed by atoms with Crippen LogP contribution >= 0.6 is 0 Å². The van der Waals surface area contributed by atoms with Gasteiger partial charge in [0.2, 0.25) is 11.8 Å². The molecule has 0 saturated carbocycles. The fourth-order valence-corrected chi connectivity index (χ4v) is 1.39. The maximum atomic E-state index is 11.0. The van der Waals surface area contributed by atoms with Gasteiger partial charge in [0, 0.05) is 19.9 Å². The average Bonchev–Trinajstić information content (AvgIpc) is 1.85. The summed E-state index contributed by atoms with van der Waals surface area (Å²) < 4.78 is 0. The Morgan fingerprint density at radius 3 is 1.92 bits per heavy atom. The molecule has 12 heavy (non-hydrogen) atoms. The van der Waals surface area contributed by atoms with Crippen LogP contribution in [0.1, 0.15) is 40.5 Å². The second-order valence-corrected chi connectivity index (χ2v) is 3.05. The molecule has 0 N–H and O–H groups in total. The summed E-state index contributed by atoms with van der Waals surface area (Å²) in [5.74, 6) is -0.327. The van der Waals surface area contributed by atoms with Gasteiger partial charge in [-0.05, 0) is 13.3 Å². The summed E-state index contributed by atoms with van der Waals surface area (Å²) in [6.07, 6.45) is 1.86. The van der Waals surface area contributed by atoms with Crippen molar-refractivity contribution in [1.29, 1.82) is 0 Å². The quantitative estimate of drug-likeness (QED) is 0.646. The van der Waals surface area contributed by atoms with Gasteiger partial charge in [-0.2, -0.15) is 0 Å². The molecule has 3 nitrogen and oxygen atoms in total. The predicted octanol–water partition coefficient (Wildman–Crippen LogP) is 1.57. The van der Waals surface area contributed by atoms with Crippen LogP contribution in [0, 0.1) is 0 Å². The van der Waals surface area contributed by atoms with E-state index < -0.39 is 0 Å². The zero-order chi connectivity index (χ0) is 9.72. The number of carbonyl (C=O) groups is 2. The van der Waals surface area contributed by atoms with Crippen molar-refractivity contribution in [3.63, 3.8) is 0 Å². The first-order chi connectivity index (χ1) is 5.50. The van der Waals surface area contributed by atoms with Gasteiger partial charge in [-0.3, -0.25) is 14.5 Å². The molecule has 0 rings (SSSR count). The van der Waals surface area contributed by atoms with E-state index in [0.29, 0.717) is 0 Å². The lowest BCUT2D eigenvalue weighted by Gasteiger charge is -2.24. The predicted molar refractivity (Wildman–Crippen MR) is 47.6 cm³/mol. The molecule has 1 atom stereocenters. The Labute approximate surface area is 73.7 Å². The van der Waals surface area contributed by atoms with Crippen molar-refractivity contribution in [3.8, 4) is 0 Å². The molecule has 0 aromatic carbocycles. The van der Waals surface area contributed by atoms with Crippen LogP contribution in [0.15, 0.2) is 0 Å². The molecule has 1 unspecified atom stereocenters. The van der Waals surface area contributed by atoms with Gasteiger partial charge < -0.3 is 0 Å². The molecule has 0 saturated heterocycles. The zero-order valence-electron chi connectivity index (χ0n) is 8.26. The second-order valence-electron chi connectivity index (χ2n) is 3.05. The van der Waals surface area contributed by atoms with Gasteiger partial charge in [0.15, 0.2) is 0 Å². The van der Waals surface area contributed by atoms with E-state index in [1.54, 1.807) is 0 Å². The standard InChI is InChI=1S/C9H17NO2/c1-5-6-7(2)10(8(3)11)9(4)12/h7H,5-6H2,1-4H3. The number of imide groups is 1. The van der Waals surface area contributed by atoms with Crippen LogP contribution in [0.5, 0.6) is 0 Å². The summed E-state index contributed by atoms with van der Waals surface area (Å²) in [6.45, 7) is 6.78. The van der Waals surface area contributed by atoms with Crippen molar-refractivity contribution in [3.05, 3.63) is 0 Å². The van der Waals surface area contributed by atoms with Crippen LogP contribution in [-0.4, -0.2) is 22.8 Å². The van der Waals surface area contributed by atoms with E-state index >= 15 is 0 Å². The summed E-state index contributed by atoms with van der Waals surface area (Å²) >= 11 is 0. The highest BCUT2D eigenvalue weighted by Crippen LogP contribution is 2.06. The summed E-state index contributed by atoms with van der Waals surface area (Å²) in [6, 6.07) is 0.0324. The highest BCUT2D eigenvalue weighted by Gasteiger charge is 2.19. The van der Waals surface area contributed by atoms with Crippen molar-refractivity contribution in [2.24, 2.45) is 0 Å². The van der Waals surface area contributed by atoms with Crippen molar-refractivity contribution >= 4 is 11.8 Å². The lowest BCUT2D eigenvalue weighted by atomic mass is 10.1. The van der Waals surface area contributed by atoms with Gasteiger partial charge in [-0.1, -0.05) is 13.3 Å². The van der Waals surface area contributed by atoms with Gasteiger partial charge >= 0.3 is 0 Å². The lowest BCUT2D eigenvalue weighted by molar-refractivity contribution is -0.144. The molecular weight excluding hydrogens is 154 g/mol. The Kier molecular flexibility index (Phi) is 4.55. The van der Waals surface area contributed by atoms with Crippen LogP contribution in [0.25, 0.3) is 0 Å². The normalized spacial score (nSPS) is 12.3. The molecule has 0 spiro atoms. The largest absolute Gasteiger partial charge is 0.280 e. The van der Waals surface area contributed by atoms with Crippen LogP contribution in [0.2, 0.25) is 0 Å². The number of hydrogen-bond acceptors (Lipinski definition) is 2. The number of rotatable bonds is 3. The van der Waals surface area contributed by atoms with E-state index in [0.717, 1.165) is 12.8 Å². The summed E-state index contributed by atoms with van der Waals surface area (Å²) in [7, 11) is 0. The second kappa shape index (κ2) is 4.91. The third kappa shape index (κ3) is 3.03. The summed E-state index contributed by atoms with van der Waals surface area (Å²) in [4.78, 5) is 23.3. The van der Waals surface area contributed by atoms with E-state index in [9.17, 15) is 9.59 Å². The number of hydrogen-bond donors (Lipinski definition) is 0. The van der Waals surface area contributed by atoms with Gasteiger partial charge in [0.05, 0.1) is 0 Å². The SMILES string of the molecule is CCCC(C)N(C(C)=O)C(C)=O. The van der Waals surface area contributed by atoms with Crippen molar-refractivity contribution in [2.45, 2.75) is 46.6 Å². The topological polar surface area (TPSA) is 37.4 Å². The zero-order valence-corrected chi connectivity index (χ0v) is 8.26. The molecule has 3 heteroatoms. The molecule has 70 valence electrons. The first kappa shape index (κ1) is 11.1. The molecule has 0 heterocycles. The van der Waals surface area contributed by atoms with E-state index in [-0.39, 0.29) is 17.9 Å². The third-order valence-corrected chi connectivity index (χ3v) is 1.83. The number of carbonyl (C=O) groups excluding carboxylic acids is 2. The van der Waals surface area contributed by atoms with Crippen LogP contribution in [-0.2, 0) is 9.59 Å². The summed E-state index contributed by atoms with van der Waals surface area (Å²) in [5, 5.41) is 0. The highest BCUT2D eigenvalue weighted by atomic mass is 16.2. The summed E-state index contributed by atoms with van der Waals surface area (Å²) in [5.41, 5.74) is 0. The Morgan fingerprint density at radius 1 is 1.25 bits per heavy atom. The Morgan fingerprint density at radius 2 is 1.67 bits per heavy atom. The van der Waals surface area contributed by atoms with E-state index in [2.05, 4.69) is 0 Å². The maximum absolute atomic E-state index is 11.0. The van der Waals surface area contributed by atoms with Crippen LogP contribution < -0.4 is 0 Å². The maximum Gasteiger partial charge on any atom is 0.226 e. The molecule has 0 bridgehead atoms. The van der Waals surface area contributed by atoms with Crippen molar-refractivity contribution in [1.82, 2.24) is 4.90 Å². The van der Waals surface area contributed by atoms with Crippen LogP contribution in [0.4, 0.5) is 0 Å². The third-order valence-electron chi connectivity index (χ3n) is 1.83. The molecule has 0 aromatic heterocycles. The molecule has 0 aromatic rings. The van der Waals surface area contributed by atoms with E-state index in [1.807, 2.05) is 13.8 Å². The Hall–Kier alpha value is -0.860. The molecule has 0 aliphatic rings. The first-order valence-corrected chi connectivity index (χ1v) is 4.31. The molecule has 0 aliphatic heterocycles. The van der Waals surface area contributed by atoms with Gasteiger partial charge in [0.25, 0.3) is 0 Å². The molecule has 0 radical (unpaired) electrons. The highest BCUT2D eigenvalue weighted by molar-refractivity contribution is 5.93. The van der Waals surface area contributed by atoms with Crippen molar-refractivity contribution in [2.75, 3.05) is 0 Å². The van der Waals surface area contributed by atoms with E-state index in [4.69, 9.17) is 0 Å². The fourth-order valence-electron chi connectivity index (χ4n) is 1.39. The monoisotopic (exact) mass is 171 g/mol. The molecule has 2 amide bonds. The first-order valence-electron chi connectivity index (χ1n) is 4.31. The lowest BCUT2D eigenvalue weighted by Crippen LogP contribution is -2.40. The Balaban J connectivity index is 4.29. The smallest absolute Gasteiger partial charge is 0.226 e. The van der Waals surface area contributed by atoms with Gasteiger partial charge in [-0.25, -0.2) is 0 Å². The minimum absolute atomic E-state index is 0.0324. The van der Waals surface area contributed by atoms with Gasteiger partial charge in [-0.15, -0.1) is 0 Å². The molecule has 0 aliphatic carbocycles. The molecular formula is C9H17NO2. The molecule has 0 fully saturated rings. The Bertz CT molecular complexity index is 163. The van der Waals surface area contributed by atoms with Crippen LogP contribution in [0.3, 0.4) is 0 Å². The minimum atomic E-state index is -0.163. The fraction of sp³-hybridized carbons (Fsp3) is 0.778. The number of nitrogens with zero attached hydrogens (tertiary/aromatic N) is 1. The van der Waals surface area contributed by atoms with E-state index in [1.165, 1.54) is 18.7 Å². The average molecular weight is 171 g/mol. The van der Waals surface area contributed by atoms with Crippen molar-refractivity contribution < 1.29 is 9.59 Å². The van der Waals surface area contributed by atoms with Gasteiger partial charge in [0.1, 0.15) is 0 Å².